The van der Waals surface area contributed by atoms with Gasteiger partial charge in [-0.15, -0.1) is 0 Å². The van der Waals surface area contributed by atoms with Crippen molar-refractivity contribution in [1.82, 2.24) is 0 Å². The highest BCUT2D eigenvalue weighted by atomic mass is 16.5. The van der Waals surface area contributed by atoms with E-state index in [1.54, 1.807) is 18.2 Å². The number of carbonyl (C=O) groups is 3. The van der Waals surface area contributed by atoms with Crippen LogP contribution in [0.2, 0.25) is 0 Å². The summed E-state index contributed by atoms with van der Waals surface area (Å²) >= 11 is 0. The number of ketones is 1. The highest BCUT2D eigenvalue weighted by Crippen LogP contribution is 2.24. The largest absolute Gasteiger partial charge is 0.494 e. The van der Waals surface area contributed by atoms with Crippen molar-refractivity contribution in [1.29, 1.82) is 0 Å². The zero-order valence-electron chi connectivity index (χ0n) is 23.1. The molecule has 42 heavy (non-hydrogen) atoms. The molecule has 0 amide bonds. The minimum atomic E-state index is -1.20. The Hall–Kier alpha value is -5.17. The molecule has 0 unspecified atom stereocenters. The van der Waals surface area contributed by atoms with E-state index in [1.165, 1.54) is 12.1 Å². The summed E-state index contributed by atoms with van der Waals surface area (Å²) in [6.07, 6.45) is 6.88. The van der Waals surface area contributed by atoms with Crippen molar-refractivity contribution in [3.05, 3.63) is 125 Å². The van der Waals surface area contributed by atoms with E-state index < -0.39 is 11.9 Å². The average molecular weight is 565 g/mol. The predicted octanol–water partition coefficient (Wildman–Crippen LogP) is 7.66. The van der Waals surface area contributed by atoms with E-state index in [0.29, 0.717) is 18.8 Å². The van der Waals surface area contributed by atoms with Crippen LogP contribution < -0.4 is 9.47 Å². The molecule has 0 spiro atoms. The third kappa shape index (κ3) is 8.93. The lowest BCUT2D eigenvalue weighted by atomic mass is 10.0. The van der Waals surface area contributed by atoms with Crippen molar-refractivity contribution >= 4 is 23.8 Å². The van der Waals surface area contributed by atoms with Crippen molar-refractivity contribution in [2.75, 3.05) is 13.2 Å². The molecule has 0 saturated carbocycles. The standard InChI is InChI=1S/C35H32O7/c36-33(28-8-4-3-5-9-28)19-12-25-10-13-26(14-11-25)27-15-17-31(18-16-27)41-20-6-1-2-7-21-42-32-23-29(34(37)38)22-30(24-32)35(39)40/h3-5,8-19,22-24H,1-2,6-7,20-21H2,(H,37,38)(H,39,40). The van der Waals surface area contributed by atoms with Crippen LogP contribution >= 0.6 is 0 Å². The molecule has 0 aromatic heterocycles. The second-order valence-corrected chi connectivity index (χ2v) is 9.68. The van der Waals surface area contributed by atoms with E-state index in [9.17, 15) is 14.4 Å². The molecule has 0 bridgehead atoms. The van der Waals surface area contributed by atoms with E-state index in [1.807, 2.05) is 72.8 Å². The second-order valence-electron chi connectivity index (χ2n) is 9.68. The van der Waals surface area contributed by atoms with Gasteiger partial charge < -0.3 is 19.7 Å². The number of rotatable bonds is 15. The van der Waals surface area contributed by atoms with E-state index in [-0.39, 0.29) is 22.7 Å². The summed E-state index contributed by atoms with van der Waals surface area (Å²) in [6, 6.07) is 28.9. The van der Waals surface area contributed by atoms with Crippen LogP contribution in [0, 0.1) is 0 Å². The number of benzene rings is 4. The van der Waals surface area contributed by atoms with E-state index in [4.69, 9.17) is 19.7 Å². The molecule has 4 aromatic rings. The first-order valence-electron chi connectivity index (χ1n) is 13.7. The zero-order chi connectivity index (χ0) is 29.7. The van der Waals surface area contributed by atoms with Crippen LogP contribution in [0.1, 0.15) is 62.3 Å². The Balaban J connectivity index is 1.14. The molecular formula is C35H32O7. The first-order valence-corrected chi connectivity index (χ1v) is 13.7. The number of ether oxygens (including phenoxy) is 2. The van der Waals surface area contributed by atoms with Gasteiger partial charge in [0, 0.05) is 5.56 Å². The topological polar surface area (TPSA) is 110 Å². The number of allylic oxidation sites excluding steroid dienone is 1. The SMILES string of the molecule is O=C(O)c1cc(OCCCCCCOc2ccc(-c3ccc(C=CC(=O)c4ccccc4)cc3)cc2)cc(C(=O)O)c1. The Labute approximate surface area is 244 Å². The summed E-state index contributed by atoms with van der Waals surface area (Å²) in [5.41, 5.74) is 3.53. The fraction of sp³-hybridized carbons (Fsp3) is 0.171. The summed E-state index contributed by atoms with van der Waals surface area (Å²) in [6.45, 7) is 0.957. The van der Waals surface area contributed by atoms with Gasteiger partial charge in [-0.1, -0.05) is 72.8 Å². The lowest BCUT2D eigenvalue weighted by Crippen LogP contribution is -2.05. The monoisotopic (exact) mass is 564 g/mol. The van der Waals surface area contributed by atoms with Gasteiger partial charge in [-0.3, -0.25) is 4.79 Å². The predicted molar refractivity (Wildman–Crippen MR) is 162 cm³/mol. The maximum atomic E-state index is 12.3. The van der Waals surface area contributed by atoms with Crippen LogP contribution in [0.15, 0.2) is 103 Å². The number of carboxylic acid groups (broad SMARTS) is 2. The van der Waals surface area contributed by atoms with Gasteiger partial charge in [-0.05, 0) is 78.8 Å². The average Bonchev–Trinajstić information content (AvgIpc) is 3.02. The summed E-state index contributed by atoms with van der Waals surface area (Å²) in [5, 5.41) is 18.3. The molecule has 0 aliphatic rings. The summed E-state index contributed by atoms with van der Waals surface area (Å²) in [5.74, 6) is -1.39. The lowest BCUT2D eigenvalue weighted by molar-refractivity contribution is 0.0696. The maximum Gasteiger partial charge on any atom is 0.335 e. The van der Waals surface area contributed by atoms with Crippen LogP contribution in [0.4, 0.5) is 0 Å². The highest BCUT2D eigenvalue weighted by molar-refractivity contribution is 6.06. The summed E-state index contributed by atoms with van der Waals surface area (Å²) in [4.78, 5) is 34.7. The smallest absolute Gasteiger partial charge is 0.335 e. The van der Waals surface area contributed by atoms with Gasteiger partial charge in [0.15, 0.2) is 5.78 Å². The van der Waals surface area contributed by atoms with Crippen LogP contribution in [0.5, 0.6) is 11.5 Å². The van der Waals surface area contributed by atoms with Gasteiger partial charge in [0.2, 0.25) is 0 Å². The first kappa shape index (κ1) is 29.8. The van der Waals surface area contributed by atoms with E-state index in [0.717, 1.165) is 54.2 Å². The molecule has 0 fully saturated rings. The van der Waals surface area contributed by atoms with Gasteiger partial charge in [-0.2, -0.15) is 0 Å². The first-order chi connectivity index (χ1) is 20.4. The molecular weight excluding hydrogens is 532 g/mol. The quantitative estimate of drug-likeness (QED) is 0.0866. The van der Waals surface area contributed by atoms with E-state index >= 15 is 0 Å². The maximum absolute atomic E-state index is 12.3. The molecule has 0 aliphatic carbocycles. The Morgan fingerprint density at radius 3 is 1.64 bits per heavy atom. The van der Waals surface area contributed by atoms with Crippen LogP contribution in [0.25, 0.3) is 17.2 Å². The minimum Gasteiger partial charge on any atom is -0.494 e. The fourth-order valence-electron chi connectivity index (χ4n) is 4.27. The number of aromatic carboxylic acids is 2. The number of hydrogen-bond donors (Lipinski definition) is 2. The summed E-state index contributed by atoms with van der Waals surface area (Å²) in [7, 11) is 0. The molecule has 0 radical (unpaired) electrons. The molecule has 7 nitrogen and oxygen atoms in total. The third-order valence-electron chi connectivity index (χ3n) is 6.56. The number of hydrogen-bond acceptors (Lipinski definition) is 5. The molecule has 0 aliphatic heterocycles. The Bertz CT molecular complexity index is 1490. The summed E-state index contributed by atoms with van der Waals surface area (Å²) < 4.78 is 11.5. The van der Waals surface area contributed by atoms with Gasteiger partial charge >= 0.3 is 11.9 Å². The van der Waals surface area contributed by atoms with Crippen LogP contribution in [-0.2, 0) is 0 Å². The van der Waals surface area contributed by atoms with Gasteiger partial charge in [0.05, 0.1) is 24.3 Å². The van der Waals surface area contributed by atoms with Gasteiger partial charge in [0.25, 0.3) is 0 Å². The molecule has 4 rings (SSSR count). The Morgan fingerprint density at radius 1 is 0.571 bits per heavy atom. The number of carboxylic acids is 2. The number of carbonyl (C=O) groups excluding carboxylic acids is 1. The van der Waals surface area contributed by atoms with Crippen molar-refractivity contribution < 1.29 is 34.1 Å². The minimum absolute atomic E-state index is 0.0254. The van der Waals surface area contributed by atoms with E-state index in [2.05, 4.69) is 0 Å². The fourth-order valence-corrected chi connectivity index (χ4v) is 4.27. The molecule has 2 N–H and O–H groups in total. The van der Waals surface area contributed by atoms with Crippen molar-refractivity contribution in [3.8, 4) is 22.6 Å². The Kier molecular flexibility index (Phi) is 10.6. The third-order valence-corrected chi connectivity index (χ3v) is 6.56. The van der Waals surface area contributed by atoms with Gasteiger partial charge in [-0.25, -0.2) is 9.59 Å². The molecule has 4 aromatic carbocycles. The molecule has 7 heteroatoms. The van der Waals surface area contributed by atoms with Gasteiger partial charge in [0.1, 0.15) is 11.5 Å². The molecule has 0 saturated heterocycles. The van der Waals surface area contributed by atoms with Crippen molar-refractivity contribution in [2.45, 2.75) is 25.7 Å². The molecule has 214 valence electrons. The highest BCUT2D eigenvalue weighted by Gasteiger charge is 2.12. The molecule has 0 heterocycles. The van der Waals surface area contributed by atoms with Crippen molar-refractivity contribution in [3.63, 3.8) is 0 Å². The molecule has 0 atom stereocenters. The normalized spacial score (nSPS) is 10.9. The lowest BCUT2D eigenvalue weighted by Gasteiger charge is -2.09. The van der Waals surface area contributed by atoms with Crippen LogP contribution in [-0.4, -0.2) is 41.1 Å². The Morgan fingerprint density at radius 2 is 1.10 bits per heavy atom. The van der Waals surface area contributed by atoms with Crippen molar-refractivity contribution in [2.24, 2.45) is 0 Å². The second kappa shape index (κ2) is 15.0. The number of unbranched alkanes of at least 4 members (excludes halogenated alkanes) is 3. The zero-order valence-corrected chi connectivity index (χ0v) is 23.1. The van der Waals surface area contributed by atoms with Crippen LogP contribution in [0.3, 0.4) is 0 Å².